The molecule has 0 saturated heterocycles. The number of halogens is 1. The molecule has 0 saturated carbocycles. The maximum Gasteiger partial charge on any atom is 0.226 e. The summed E-state index contributed by atoms with van der Waals surface area (Å²) in [6.07, 6.45) is 0. The quantitative estimate of drug-likeness (QED) is 0.206. The van der Waals surface area contributed by atoms with Crippen LogP contribution in [-0.2, 0) is 0 Å². The summed E-state index contributed by atoms with van der Waals surface area (Å²) in [5.41, 5.74) is 5.61. The Morgan fingerprint density at radius 1 is 0.512 bits per heavy atom. The normalized spacial score (nSPS) is 11.8. The average molecular weight is 590 g/mol. The Labute approximate surface area is 254 Å². The van der Waals surface area contributed by atoms with Crippen LogP contribution in [0.15, 0.2) is 126 Å². The summed E-state index contributed by atoms with van der Waals surface area (Å²) < 4.78 is 8.82. The van der Waals surface area contributed by atoms with Gasteiger partial charge >= 0.3 is 0 Å². The zero-order valence-corrected chi connectivity index (χ0v) is 24.2. The van der Waals surface area contributed by atoms with Crippen LogP contribution in [0, 0.1) is 0 Å². The Kier molecular flexibility index (Phi) is 5.39. The molecule has 6 aromatic carbocycles. The molecule has 0 spiro atoms. The SMILES string of the molecule is Clc1nc(-c2ccc3c(c2)oc2cccc(-c4ccc5ccccc5c4)c23)nc(-c2ccc3c(c2)sc2ccccc23)n1. The number of thiophene rings is 1. The second kappa shape index (κ2) is 9.46. The molecule has 43 heavy (non-hydrogen) atoms. The van der Waals surface area contributed by atoms with E-state index in [2.05, 4.69) is 101 Å². The molecule has 0 unspecified atom stereocenters. The summed E-state index contributed by atoms with van der Waals surface area (Å²) in [5, 5.41) is 7.19. The minimum atomic E-state index is 0.153. The van der Waals surface area contributed by atoms with Crippen molar-refractivity contribution in [1.82, 2.24) is 15.0 Å². The molecule has 0 atom stereocenters. The van der Waals surface area contributed by atoms with E-state index in [-0.39, 0.29) is 5.28 Å². The third-order valence-electron chi connectivity index (χ3n) is 8.06. The van der Waals surface area contributed by atoms with Crippen LogP contribution in [-0.4, -0.2) is 15.0 Å². The first-order chi connectivity index (χ1) is 21.2. The number of rotatable bonds is 3. The van der Waals surface area contributed by atoms with Crippen molar-refractivity contribution in [3.8, 4) is 33.9 Å². The molecule has 0 amide bonds. The van der Waals surface area contributed by atoms with Gasteiger partial charge in [0, 0.05) is 42.1 Å². The summed E-state index contributed by atoms with van der Waals surface area (Å²) in [5.74, 6) is 1.04. The van der Waals surface area contributed by atoms with Gasteiger partial charge in [0.05, 0.1) is 0 Å². The first-order valence-electron chi connectivity index (χ1n) is 14.0. The molecule has 0 aliphatic rings. The van der Waals surface area contributed by atoms with E-state index in [0.717, 1.165) is 44.2 Å². The molecule has 0 bridgehead atoms. The van der Waals surface area contributed by atoms with Gasteiger partial charge in [0.25, 0.3) is 0 Å². The van der Waals surface area contributed by atoms with Crippen LogP contribution in [0.5, 0.6) is 0 Å². The minimum Gasteiger partial charge on any atom is -0.456 e. The number of nitrogens with zero attached hydrogens (tertiary/aromatic N) is 3. The molecule has 3 heterocycles. The van der Waals surface area contributed by atoms with Crippen molar-refractivity contribution >= 4 is 75.8 Å². The average Bonchev–Trinajstić information content (AvgIpc) is 3.61. The standard InChI is InChI=1S/C37H20ClN3OS/c38-37-40-35(39-36(41-37)25-14-16-28-27-8-3-4-11-32(27)43-33(28)20-25)24-15-17-29-31(19-24)42-30-10-5-9-26(34(29)30)23-13-12-21-6-1-2-7-22(21)18-23/h1-20H. The number of furan rings is 1. The highest BCUT2D eigenvalue weighted by molar-refractivity contribution is 7.25. The van der Waals surface area contributed by atoms with Crippen LogP contribution in [0.25, 0.3) is 86.8 Å². The van der Waals surface area contributed by atoms with Gasteiger partial charge in [0.15, 0.2) is 11.6 Å². The van der Waals surface area contributed by atoms with Crippen molar-refractivity contribution in [2.75, 3.05) is 0 Å². The van der Waals surface area contributed by atoms with Gasteiger partial charge in [-0.2, -0.15) is 9.97 Å². The van der Waals surface area contributed by atoms with E-state index in [1.807, 2.05) is 30.3 Å². The van der Waals surface area contributed by atoms with Crippen molar-refractivity contribution in [2.24, 2.45) is 0 Å². The van der Waals surface area contributed by atoms with E-state index in [1.165, 1.54) is 30.9 Å². The Morgan fingerprint density at radius 3 is 2.12 bits per heavy atom. The molecule has 0 N–H and O–H groups in total. The maximum absolute atomic E-state index is 6.46. The molecule has 0 radical (unpaired) electrons. The Balaban J connectivity index is 1.15. The van der Waals surface area contributed by atoms with E-state index in [1.54, 1.807) is 11.3 Å². The lowest BCUT2D eigenvalue weighted by atomic mass is 9.97. The van der Waals surface area contributed by atoms with E-state index in [4.69, 9.17) is 21.0 Å². The van der Waals surface area contributed by atoms with E-state index < -0.39 is 0 Å². The summed E-state index contributed by atoms with van der Waals surface area (Å²) in [6, 6.07) is 42.1. The third-order valence-corrected chi connectivity index (χ3v) is 9.36. The first kappa shape index (κ1) is 24.5. The Bertz CT molecular complexity index is 2550. The molecule has 6 heteroatoms. The fourth-order valence-corrected chi connectivity index (χ4v) is 7.34. The highest BCUT2D eigenvalue weighted by Crippen LogP contribution is 2.39. The molecule has 0 aliphatic carbocycles. The Hall–Kier alpha value is -5.10. The van der Waals surface area contributed by atoms with Crippen LogP contribution >= 0.6 is 22.9 Å². The minimum absolute atomic E-state index is 0.153. The van der Waals surface area contributed by atoms with Gasteiger partial charge in [-0.05, 0) is 69.9 Å². The van der Waals surface area contributed by atoms with Gasteiger partial charge in [-0.15, -0.1) is 11.3 Å². The third kappa shape index (κ3) is 4.01. The zero-order valence-electron chi connectivity index (χ0n) is 22.6. The maximum atomic E-state index is 6.46. The van der Waals surface area contributed by atoms with Gasteiger partial charge in [-0.3, -0.25) is 0 Å². The molecule has 202 valence electrons. The fraction of sp³-hybridized carbons (Fsp3) is 0. The number of fused-ring (bicyclic) bond motifs is 7. The van der Waals surface area contributed by atoms with Crippen LogP contribution in [0.1, 0.15) is 0 Å². The van der Waals surface area contributed by atoms with Gasteiger partial charge in [-0.25, -0.2) is 4.98 Å². The van der Waals surface area contributed by atoms with Crippen LogP contribution in [0.4, 0.5) is 0 Å². The molecule has 9 aromatic rings. The molecule has 3 aromatic heterocycles. The second-order valence-corrected chi connectivity index (χ2v) is 12.0. The lowest BCUT2D eigenvalue weighted by Gasteiger charge is -2.07. The first-order valence-corrected chi connectivity index (χ1v) is 15.2. The monoisotopic (exact) mass is 589 g/mol. The van der Waals surface area contributed by atoms with Gasteiger partial charge in [0.1, 0.15) is 11.2 Å². The van der Waals surface area contributed by atoms with Crippen molar-refractivity contribution < 1.29 is 4.42 Å². The lowest BCUT2D eigenvalue weighted by Crippen LogP contribution is -1.97. The van der Waals surface area contributed by atoms with Gasteiger partial charge in [0.2, 0.25) is 5.28 Å². The topological polar surface area (TPSA) is 51.8 Å². The molecule has 0 fully saturated rings. The predicted molar refractivity (Wildman–Crippen MR) is 179 cm³/mol. The molecular weight excluding hydrogens is 570 g/mol. The molecular formula is C37H20ClN3OS. The smallest absolute Gasteiger partial charge is 0.226 e. The lowest BCUT2D eigenvalue weighted by molar-refractivity contribution is 0.669. The summed E-state index contributed by atoms with van der Waals surface area (Å²) in [4.78, 5) is 13.8. The number of benzene rings is 6. The summed E-state index contributed by atoms with van der Waals surface area (Å²) in [7, 11) is 0. The molecule has 4 nitrogen and oxygen atoms in total. The van der Waals surface area contributed by atoms with Crippen molar-refractivity contribution in [3.05, 3.63) is 127 Å². The Morgan fingerprint density at radius 2 is 1.23 bits per heavy atom. The fourth-order valence-electron chi connectivity index (χ4n) is 6.04. The number of aromatic nitrogens is 3. The van der Waals surface area contributed by atoms with Gasteiger partial charge in [-0.1, -0.05) is 84.9 Å². The zero-order chi connectivity index (χ0) is 28.5. The van der Waals surface area contributed by atoms with E-state index in [9.17, 15) is 0 Å². The summed E-state index contributed by atoms with van der Waals surface area (Å²) >= 11 is 8.22. The summed E-state index contributed by atoms with van der Waals surface area (Å²) in [6.45, 7) is 0. The molecule has 9 rings (SSSR count). The van der Waals surface area contributed by atoms with Crippen molar-refractivity contribution in [3.63, 3.8) is 0 Å². The van der Waals surface area contributed by atoms with Crippen molar-refractivity contribution in [1.29, 1.82) is 0 Å². The van der Waals surface area contributed by atoms with E-state index in [0.29, 0.717) is 11.6 Å². The molecule has 0 aliphatic heterocycles. The highest BCUT2D eigenvalue weighted by Gasteiger charge is 2.16. The van der Waals surface area contributed by atoms with Crippen LogP contribution < -0.4 is 0 Å². The van der Waals surface area contributed by atoms with E-state index >= 15 is 0 Å². The number of hydrogen-bond acceptors (Lipinski definition) is 5. The van der Waals surface area contributed by atoms with Gasteiger partial charge < -0.3 is 4.42 Å². The van der Waals surface area contributed by atoms with Crippen LogP contribution in [0.2, 0.25) is 5.28 Å². The largest absolute Gasteiger partial charge is 0.456 e. The highest BCUT2D eigenvalue weighted by atomic mass is 35.5. The predicted octanol–water partition coefficient (Wildman–Crippen LogP) is 10.9. The second-order valence-electron chi connectivity index (χ2n) is 10.6. The number of hydrogen-bond donors (Lipinski definition) is 0. The van der Waals surface area contributed by atoms with Crippen LogP contribution in [0.3, 0.4) is 0 Å². The van der Waals surface area contributed by atoms with Crippen molar-refractivity contribution in [2.45, 2.75) is 0 Å².